The van der Waals surface area contributed by atoms with Crippen molar-refractivity contribution in [1.29, 1.82) is 0 Å². The molecule has 0 radical (unpaired) electrons. The van der Waals surface area contributed by atoms with Crippen molar-refractivity contribution >= 4 is 0 Å². The molecule has 0 heterocycles. The van der Waals surface area contributed by atoms with Crippen molar-refractivity contribution in [2.45, 2.75) is 19.9 Å². The number of benzene rings is 2. The van der Waals surface area contributed by atoms with Crippen LogP contribution in [-0.2, 0) is 0 Å². The summed E-state index contributed by atoms with van der Waals surface area (Å²) in [6.07, 6.45) is 0. The van der Waals surface area contributed by atoms with Crippen LogP contribution in [0.4, 0.5) is 0 Å². The maximum Gasteiger partial charge on any atom is 0.124 e. The number of ether oxygens (including phenoxy) is 2. The van der Waals surface area contributed by atoms with Gasteiger partial charge in [-0.1, -0.05) is 30.3 Å². The van der Waals surface area contributed by atoms with Crippen LogP contribution in [0.1, 0.15) is 29.7 Å². The highest BCUT2D eigenvalue weighted by atomic mass is 16.5. The first-order chi connectivity index (χ1) is 9.67. The molecule has 0 fully saturated rings. The normalized spacial score (nSPS) is 12.0. The number of methoxy groups -OCH3 is 1. The molecule has 3 heteroatoms. The Hall–Kier alpha value is -2.00. The Morgan fingerprint density at radius 1 is 1.10 bits per heavy atom. The molecular weight excluding hydrogens is 250 g/mol. The topological polar surface area (TPSA) is 44.5 Å². The van der Waals surface area contributed by atoms with E-state index in [1.165, 1.54) is 0 Å². The van der Waals surface area contributed by atoms with Crippen LogP contribution < -0.4 is 15.2 Å². The lowest BCUT2D eigenvalue weighted by molar-refractivity contribution is 0.335. The minimum atomic E-state index is -0.229. The molecule has 0 aromatic heterocycles. The van der Waals surface area contributed by atoms with Crippen molar-refractivity contribution in [3.8, 4) is 11.5 Å². The van der Waals surface area contributed by atoms with Crippen molar-refractivity contribution < 1.29 is 9.47 Å². The quantitative estimate of drug-likeness (QED) is 0.906. The zero-order valence-corrected chi connectivity index (χ0v) is 12.2. The highest BCUT2D eigenvalue weighted by Crippen LogP contribution is 2.30. The van der Waals surface area contributed by atoms with Crippen molar-refractivity contribution in [2.24, 2.45) is 5.73 Å². The lowest BCUT2D eigenvalue weighted by atomic mass is 9.97. The van der Waals surface area contributed by atoms with Gasteiger partial charge in [0.2, 0.25) is 0 Å². The van der Waals surface area contributed by atoms with Gasteiger partial charge in [0.15, 0.2) is 0 Å². The molecule has 2 aromatic carbocycles. The molecular formula is C17H21NO2. The van der Waals surface area contributed by atoms with Crippen molar-refractivity contribution in [3.63, 3.8) is 0 Å². The Labute approximate surface area is 120 Å². The summed E-state index contributed by atoms with van der Waals surface area (Å²) in [7, 11) is 1.67. The van der Waals surface area contributed by atoms with E-state index in [-0.39, 0.29) is 6.04 Å². The van der Waals surface area contributed by atoms with Crippen LogP contribution in [0, 0.1) is 6.92 Å². The van der Waals surface area contributed by atoms with E-state index in [0.29, 0.717) is 6.61 Å². The molecule has 0 aliphatic rings. The number of aryl methyl sites for hydroxylation is 1. The summed E-state index contributed by atoms with van der Waals surface area (Å²) >= 11 is 0. The second-order valence-electron chi connectivity index (χ2n) is 4.68. The Balaban J connectivity index is 2.38. The molecule has 0 aliphatic heterocycles. The highest BCUT2D eigenvalue weighted by molar-refractivity contribution is 5.45. The van der Waals surface area contributed by atoms with Gasteiger partial charge in [0, 0.05) is 5.56 Å². The Morgan fingerprint density at radius 2 is 1.85 bits per heavy atom. The largest absolute Gasteiger partial charge is 0.496 e. The molecule has 2 aromatic rings. The summed E-state index contributed by atoms with van der Waals surface area (Å²) < 4.78 is 11.0. The van der Waals surface area contributed by atoms with E-state index >= 15 is 0 Å². The van der Waals surface area contributed by atoms with E-state index < -0.39 is 0 Å². The van der Waals surface area contributed by atoms with E-state index in [0.717, 1.165) is 28.2 Å². The second-order valence-corrected chi connectivity index (χ2v) is 4.68. The minimum absolute atomic E-state index is 0.229. The van der Waals surface area contributed by atoms with Gasteiger partial charge in [-0.3, -0.25) is 0 Å². The summed E-state index contributed by atoms with van der Waals surface area (Å²) in [6.45, 7) is 4.61. The summed E-state index contributed by atoms with van der Waals surface area (Å²) in [6, 6.07) is 13.7. The molecule has 0 saturated carbocycles. The molecule has 0 saturated heterocycles. The number of para-hydroxylation sites is 1. The molecule has 0 amide bonds. The zero-order valence-electron chi connectivity index (χ0n) is 12.2. The fourth-order valence-electron chi connectivity index (χ4n) is 2.23. The SMILES string of the molecule is CCOc1ccccc1C(N)c1ccc(C)c(OC)c1. The molecule has 1 unspecified atom stereocenters. The molecule has 2 N–H and O–H groups in total. The standard InChI is InChI=1S/C17H21NO2/c1-4-20-15-8-6-5-7-14(15)17(18)13-10-9-12(2)16(11-13)19-3/h5-11,17H,4,18H2,1-3H3. The third kappa shape index (κ3) is 2.94. The van der Waals surface area contributed by atoms with Gasteiger partial charge in [-0.25, -0.2) is 0 Å². The van der Waals surface area contributed by atoms with Crippen molar-refractivity contribution in [2.75, 3.05) is 13.7 Å². The van der Waals surface area contributed by atoms with E-state index in [2.05, 4.69) is 0 Å². The molecule has 1 atom stereocenters. The third-order valence-corrected chi connectivity index (χ3v) is 3.35. The van der Waals surface area contributed by atoms with Gasteiger partial charge in [-0.15, -0.1) is 0 Å². The Bertz CT molecular complexity index is 581. The maximum absolute atomic E-state index is 6.39. The Morgan fingerprint density at radius 3 is 2.55 bits per heavy atom. The van der Waals surface area contributed by atoms with E-state index in [1.807, 2.05) is 56.3 Å². The third-order valence-electron chi connectivity index (χ3n) is 3.35. The molecule has 0 aliphatic carbocycles. The van der Waals surface area contributed by atoms with Crippen LogP contribution in [0.25, 0.3) is 0 Å². The Kier molecular flexibility index (Phi) is 4.64. The van der Waals surface area contributed by atoms with Crippen LogP contribution in [0.2, 0.25) is 0 Å². The predicted molar refractivity (Wildman–Crippen MR) is 81.4 cm³/mol. The number of rotatable bonds is 5. The van der Waals surface area contributed by atoms with Gasteiger partial charge in [0.1, 0.15) is 11.5 Å². The average molecular weight is 271 g/mol. The summed E-state index contributed by atoms with van der Waals surface area (Å²) in [5.41, 5.74) is 9.48. The first kappa shape index (κ1) is 14.4. The van der Waals surface area contributed by atoms with Crippen LogP contribution >= 0.6 is 0 Å². The van der Waals surface area contributed by atoms with Gasteiger partial charge in [0.25, 0.3) is 0 Å². The fourth-order valence-corrected chi connectivity index (χ4v) is 2.23. The molecule has 20 heavy (non-hydrogen) atoms. The van der Waals surface area contributed by atoms with Crippen molar-refractivity contribution in [1.82, 2.24) is 0 Å². The summed E-state index contributed by atoms with van der Waals surface area (Å²) in [4.78, 5) is 0. The van der Waals surface area contributed by atoms with Gasteiger partial charge in [-0.05, 0) is 37.1 Å². The van der Waals surface area contributed by atoms with E-state index in [4.69, 9.17) is 15.2 Å². The van der Waals surface area contributed by atoms with Crippen LogP contribution in [-0.4, -0.2) is 13.7 Å². The molecule has 0 bridgehead atoms. The lowest BCUT2D eigenvalue weighted by Crippen LogP contribution is -2.13. The monoisotopic (exact) mass is 271 g/mol. The van der Waals surface area contributed by atoms with Crippen LogP contribution in [0.5, 0.6) is 11.5 Å². The number of hydrogen-bond acceptors (Lipinski definition) is 3. The first-order valence-corrected chi connectivity index (χ1v) is 6.79. The van der Waals surface area contributed by atoms with Gasteiger partial charge in [-0.2, -0.15) is 0 Å². The smallest absolute Gasteiger partial charge is 0.124 e. The van der Waals surface area contributed by atoms with Crippen LogP contribution in [0.3, 0.4) is 0 Å². The number of hydrogen-bond donors (Lipinski definition) is 1. The predicted octanol–water partition coefficient (Wildman–Crippen LogP) is 3.45. The van der Waals surface area contributed by atoms with Gasteiger partial charge < -0.3 is 15.2 Å². The second kappa shape index (κ2) is 6.44. The first-order valence-electron chi connectivity index (χ1n) is 6.79. The summed E-state index contributed by atoms with van der Waals surface area (Å²) in [5, 5.41) is 0. The molecule has 106 valence electrons. The van der Waals surface area contributed by atoms with Gasteiger partial charge in [0.05, 0.1) is 19.8 Å². The fraction of sp³-hybridized carbons (Fsp3) is 0.294. The maximum atomic E-state index is 6.39. The molecule has 3 nitrogen and oxygen atoms in total. The van der Waals surface area contributed by atoms with E-state index in [9.17, 15) is 0 Å². The van der Waals surface area contributed by atoms with Crippen LogP contribution in [0.15, 0.2) is 42.5 Å². The molecule has 0 spiro atoms. The van der Waals surface area contributed by atoms with Gasteiger partial charge >= 0.3 is 0 Å². The average Bonchev–Trinajstić information content (AvgIpc) is 2.48. The minimum Gasteiger partial charge on any atom is -0.496 e. The summed E-state index contributed by atoms with van der Waals surface area (Å²) in [5.74, 6) is 1.69. The zero-order chi connectivity index (χ0) is 14.5. The lowest BCUT2D eigenvalue weighted by Gasteiger charge is -2.18. The van der Waals surface area contributed by atoms with E-state index in [1.54, 1.807) is 7.11 Å². The highest BCUT2D eigenvalue weighted by Gasteiger charge is 2.15. The van der Waals surface area contributed by atoms with Crippen molar-refractivity contribution in [3.05, 3.63) is 59.2 Å². The molecule has 2 rings (SSSR count). The number of nitrogens with two attached hydrogens (primary N) is 1.